The number of hydrogen-bond acceptors (Lipinski definition) is 2. The van der Waals surface area contributed by atoms with Crippen LogP contribution in [0.3, 0.4) is 0 Å². The van der Waals surface area contributed by atoms with Crippen LogP contribution in [0.4, 0.5) is 0 Å². The molecule has 1 fully saturated rings. The third kappa shape index (κ3) is 2.07. The van der Waals surface area contributed by atoms with Crippen molar-refractivity contribution in [3.05, 3.63) is 71.8 Å². The molecule has 19 heavy (non-hydrogen) atoms. The van der Waals surface area contributed by atoms with Gasteiger partial charge < -0.3 is 5.11 Å². The Hall–Kier alpha value is -1.64. The van der Waals surface area contributed by atoms with Gasteiger partial charge in [-0.05, 0) is 24.6 Å². The van der Waals surface area contributed by atoms with E-state index in [9.17, 15) is 5.11 Å². The molecule has 2 heteroatoms. The summed E-state index contributed by atoms with van der Waals surface area (Å²) < 4.78 is 0. The van der Waals surface area contributed by atoms with E-state index in [2.05, 4.69) is 24.1 Å². The Bertz CT molecular complexity index is 540. The molecular formula is C17H19NO. The van der Waals surface area contributed by atoms with Crippen LogP contribution in [0.15, 0.2) is 60.7 Å². The Morgan fingerprint density at radius 3 is 2.21 bits per heavy atom. The first kappa shape index (κ1) is 12.4. The van der Waals surface area contributed by atoms with Gasteiger partial charge in [0.1, 0.15) is 5.60 Å². The molecule has 1 aliphatic heterocycles. The predicted molar refractivity (Wildman–Crippen MR) is 76.8 cm³/mol. The van der Waals surface area contributed by atoms with Crippen LogP contribution < -0.4 is 0 Å². The zero-order valence-corrected chi connectivity index (χ0v) is 11.2. The Balaban J connectivity index is 2.06. The average molecular weight is 253 g/mol. The van der Waals surface area contributed by atoms with Crippen molar-refractivity contribution in [1.29, 1.82) is 0 Å². The Morgan fingerprint density at radius 1 is 1.00 bits per heavy atom. The summed E-state index contributed by atoms with van der Waals surface area (Å²) in [6, 6.07) is 20.3. The third-order valence-corrected chi connectivity index (χ3v) is 4.13. The highest BCUT2D eigenvalue weighted by atomic mass is 16.3. The molecule has 0 radical (unpaired) electrons. The summed E-state index contributed by atoms with van der Waals surface area (Å²) in [6.07, 6.45) is 0.771. The van der Waals surface area contributed by atoms with Gasteiger partial charge in [0.2, 0.25) is 0 Å². The van der Waals surface area contributed by atoms with E-state index in [1.165, 1.54) is 5.56 Å². The summed E-state index contributed by atoms with van der Waals surface area (Å²) >= 11 is 0. The van der Waals surface area contributed by atoms with Crippen molar-refractivity contribution in [1.82, 2.24) is 4.90 Å². The maximum absolute atomic E-state index is 11.2. The van der Waals surface area contributed by atoms with Crippen LogP contribution in [0.25, 0.3) is 0 Å². The SMILES string of the molecule is CN1CC[C@@](O)(c2ccccc2)[C@H]1c1ccccc1. The van der Waals surface area contributed by atoms with E-state index in [4.69, 9.17) is 0 Å². The lowest BCUT2D eigenvalue weighted by atomic mass is 9.83. The minimum atomic E-state index is -0.794. The van der Waals surface area contributed by atoms with E-state index in [1.807, 2.05) is 48.5 Å². The number of hydrogen-bond donors (Lipinski definition) is 1. The van der Waals surface area contributed by atoms with Crippen molar-refractivity contribution in [2.24, 2.45) is 0 Å². The molecule has 0 spiro atoms. The quantitative estimate of drug-likeness (QED) is 0.889. The van der Waals surface area contributed by atoms with Gasteiger partial charge in [-0.1, -0.05) is 60.7 Å². The molecule has 2 atom stereocenters. The van der Waals surface area contributed by atoms with E-state index >= 15 is 0 Å². The molecule has 1 N–H and O–H groups in total. The minimum absolute atomic E-state index is 0.0242. The molecule has 0 unspecified atom stereocenters. The summed E-state index contributed by atoms with van der Waals surface area (Å²) in [5, 5.41) is 11.2. The lowest BCUT2D eigenvalue weighted by Gasteiger charge is -2.33. The fourth-order valence-corrected chi connectivity index (χ4v) is 3.17. The molecule has 1 aliphatic rings. The molecule has 2 aromatic carbocycles. The average Bonchev–Trinajstić information content (AvgIpc) is 2.78. The van der Waals surface area contributed by atoms with Gasteiger partial charge in [0.25, 0.3) is 0 Å². The lowest BCUT2D eigenvalue weighted by Crippen LogP contribution is -2.33. The number of likely N-dealkylation sites (tertiary alicyclic amines) is 1. The molecule has 2 aromatic rings. The maximum atomic E-state index is 11.2. The molecular weight excluding hydrogens is 234 g/mol. The third-order valence-electron chi connectivity index (χ3n) is 4.13. The van der Waals surface area contributed by atoms with Crippen LogP contribution in [0.1, 0.15) is 23.6 Å². The van der Waals surface area contributed by atoms with E-state index in [-0.39, 0.29) is 6.04 Å². The smallest absolute Gasteiger partial charge is 0.110 e. The molecule has 0 aromatic heterocycles. The molecule has 0 bridgehead atoms. The normalized spacial score (nSPS) is 27.6. The lowest BCUT2D eigenvalue weighted by molar-refractivity contribution is 0.00249. The van der Waals surface area contributed by atoms with Crippen LogP contribution in [-0.4, -0.2) is 23.6 Å². The van der Waals surface area contributed by atoms with Crippen LogP contribution in [0.5, 0.6) is 0 Å². The number of benzene rings is 2. The molecule has 2 nitrogen and oxygen atoms in total. The monoisotopic (exact) mass is 253 g/mol. The second-order valence-electron chi connectivity index (χ2n) is 5.33. The number of rotatable bonds is 2. The number of likely N-dealkylation sites (N-methyl/N-ethyl adjacent to an activating group) is 1. The van der Waals surface area contributed by atoms with Crippen molar-refractivity contribution in [3.63, 3.8) is 0 Å². The fourth-order valence-electron chi connectivity index (χ4n) is 3.17. The van der Waals surface area contributed by atoms with E-state index in [1.54, 1.807) is 0 Å². The summed E-state index contributed by atoms with van der Waals surface area (Å²) in [5.41, 5.74) is 1.39. The van der Waals surface area contributed by atoms with Gasteiger partial charge in [-0.3, -0.25) is 4.90 Å². The van der Waals surface area contributed by atoms with Gasteiger partial charge in [0, 0.05) is 6.54 Å². The van der Waals surface area contributed by atoms with Crippen LogP contribution in [-0.2, 0) is 5.60 Å². The Morgan fingerprint density at radius 2 is 1.58 bits per heavy atom. The van der Waals surface area contributed by atoms with Crippen molar-refractivity contribution >= 4 is 0 Å². The first-order chi connectivity index (χ1) is 9.22. The largest absolute Gasteiger partial charge is 0.383 e. The summed E-state index contributed by atoms with van der Waals surface area (Å²) in [6.45, 7) is 0.908. The molecule has 98 valence electrons. The standard InChI is InChI=1S/C17H19NO/c1-18-13-12-17(19,15-10-6-3-7-11-15)16(18)14-8-4-2-5-9-14/h2-11,16,19H,12-13H2,1H3/t16-,17-/m1/s1. The summed E-state index contributed by atoms with van der Waals surface area (Å²) in [5.74, 6) is 0. The van der Waals surface area contributed by atoms with Crippen molar-refractivity contribution in [3.8, 4) is 0 Å². The maximum Gasteiger partial charge on any atom is 0.110 e. The van der Waals surface area contributed by atoms with Crippen molar-refractivity contribution in [2.75, 3.05) is 13.6 Å². The highest BCUT2D eigenvalue weighted by molar-refractivity contribution is 5.32. The molecule has 0 amide bonds. The minimum Gasteiger partial charge on any atom is -0.383 e. The van der Waals surface area contributed by atoms with Crippen molar-refractivity contribution < 1.29 is 5.11 Å². The van der Waals surface area contributed by atoms with Gasteiger partial charge >= 0.3 is 0 Å². The predicted octanol–water partition coefficient (Wildman–Crippen LogP) is 2.95. The first-order valence-electron chi connectivity index (χ1n) is 6.75. The van der Waals surface area contributed by atoms with Gasteiger partial charge in [-0.2, -0.15) is 0 Å². The second-order valence-corrected chi connectivity index (χ2v) is 5.33. The number of nitrogens with zero attached hydrogens (tertiary/aromatic N) is 1. The highest BCUT2D eigenvalue weighted by Gasteiger charge is 2.46. The Kier molecular flexibility index (Phi) is 3.13. The van der Waals surface area contributed by atoms with E-state index in [0.717, 1.165) is 18.5 Å². The van der Waals surface area contributed by atoms with Crippen LogP contribution in [0.2, 0.25) is 0 Å². The molecule has 1 saturated heterocycles. The molecule has 0 aliphatic carbocycles. The van der Waals surface area contributed by atoms with E-state index < -0.39 is 5.60 Å². The molecule has 3 rings (SSSR count). The van der Waals surface area contributed by atoms with Gasteiger partial charge in [0.05, 0.1) is 6.04 Å². The Labute approximate surface area is 114 Å². The van der Waals surface area contributed by atoms with Crippen molar-refractivity contribution in [2.45, 2.75) is 18.1 Å². The van der Waals surface area contributed by atoms with E-state index in [0.29, 0.717) is 0 Å². The molecule has 0 saturated carbocycles. The fraction of sp³-hybridized carbons (Fsp3) is 0.294. The highest BCUT2D eigenvalue weighted by Crippen LogP contribution is 2.46. The molecule has 1 heterocycles. The summed E-state index contributed by atoms with van der Waals surface area (Å²) in [7, 11) is 2.08. The zero-order valence-electron chi connectivity index (χ0n) is 11.2. The van der Waals surface area contributed by atoms with Gasteiger partial charge in [-0.15, -0.1) is 0 Å². The topological polar surface area (TPSA) is 23.5 Å². The zero-order chi connectivity index (χ0) is 13.3. The summed E-state index contributed by atoms with van der Waals surface area (Å²) in [4.78, 5) is 2.24. The first-order valence-corrected chi connectivity index (χ1v) is 6.75. The van der Waals surface area contributed by atoms with Crippen LogP contribution >= 0.6 is 0 Å². The number of aliphatic hydroxyl groups is 1. The van der Waals surface area contributed by atoms with Crippen LogP contribution in [0, 0.1) is 0 Å². The second kappa shape index (κ2) is 4.80. The van der Waals surface area contributed by atoms with Gasteiger partial charge in [-0.25, -0.2) is 0 Å². The van der Waals surface area contributed by atoms with Gasteiger partial charge in [0.15, 0.2) is 0 Å².